The summed E-state index contributed by atoms with van der Waals surface area (Å²) in [6.45, 7) is 0.567. The molecule has 2 aromatic rings. The van der Waals surface area contributed by atoms with Crippen LogP contribution in [0.1, 0.15) is 10.4 Å². The van der Waals surface area contributed by atoms with Crippen LogP contribution in [-0.4, -0.2) is 10.1 Å². The summed E-state index contributed by atoms with van der Waals surface area (Å²) in [4.78, 5) is 5.05. The summed E-state index contributed by atoms with van der Waals surface area (Å²) in [7, 11) is 0. The fourth-order valence-corrected chi connectivity index (χ4v) is 1.71. The molecule has 0 aliphatic carbocycles. The van der Waals surface area contributed by atoms with Gasteiger partial charge < -0.3 is 9.84 Å². The molecule has 78 valence electrons. The van der Waals surface area contributed by atoms with Crippen molar-refractivity contribution in [3.8, 4) is 5.75 Å². The highest BCUT2D eigenvalue weighted by Crippen LogP contribution is 2.16. The van der Waals surface area contributed by atoms with Crippen LogP contribution in [0.4, 0.5) is 0 Å². The van der Waals surface area contributed by atoms with Gasteiger partial charge in [-0.25, -0.2) is 0 Å². The van der Waals surface area contributed by atoms with Crippen molar-refractivity contribution in [2.75, 3.05) is 0 Å². The fourth-order valence-electron chi connectivity index (χ4n) is 1.20. The first-order chi connectivity index (χ1) is 7.38. The summed E-state index contributed by atoms with van der Waals surface area (Å²) >= 11 is 1.57. The van der Waals surface area contributed by atoms with Crippen molar-refractivity contribution in [2.24, 2.45) is 0 Å². The van der Waals surface area contributed by atoms with Crippen molar-refractivity contribution in [3.63, 3.8) is 0 Å². The van der Waals surface area contributed by atoms with Crippen LogP contribution in [0.3, 0.4) is 0 Å². The number of hydrogen-bond donors (Lipinski definition) is 1. The Bertz CT molecular complexity index is 414. The van der Waals surface area contributed by atoms with Crippen LogP contribution in [0.25, 0.3) is 0 Å². The van der Waals surface area contributed by atoms with E-state index in [0.29, 0.717) is 6.61 Å². The number of nitrogens with zero attached hydrogens (tertiary/aromatic N) is 1. The topological polar surface area (TPSA) is 42.4 Å². The van der Waals surface area contributed by atoms with E-state index in [1.54, 1.807) is 23.0 Å². The first kappa shape index (κ1) is 10.1. The molecule has 1 aromatic carbocycles. The lowest BCUT2D eigenvalue weighted by Gasteiger charge is -2.05. The Hall–Kier alpha value is -1.39. The van der Waals surface area contributed by atoms with Gasteiger partial charge in [-0.3, -0.25) is 4.98 Å². The quantitative estimate of drug-likeness (QED) is 0.860. The van der Waals surface area contributed by atoms with Gasteiger partial charge in [-0.2, -0.15) is 0 Å². The van der Waals surface area contributed by atoms with Gasteiger partial charge in [0.1, 0.15) is 12.4 Å². The largest absolute Gasteiger partial charge is 0.488 e. The van der Waals surface area contributed by atoms with Crippen molar-refractivity contribution in [1.82, 2.24) is 4.98 Å². The molecule has 0 amide bonds. The van der Waals surface area contributed by atoms with Gasteiger partial charge in [-0.1, -0.05) is 12.1 Å². The zero-order chi connectivity index (χ0) is 10.5. The highest BCUT2D eigenvalue weighted by atomic mass is 32.1. The van der Waals surface area contributed by atoms with Gasteiger partial charge >= 0.3 is 0 Å². The summed E-state index contributed by atoms with van der Waals surface area (Å²) in [6.07, 6.45) is 1.79. The van der Waals surface area contributed by atoms with Gasteiger partial charge in [0.2, 0.25) is 0 Å². The first-order valence-electron chi connectivity index (χ1n) is 4.58. The molecule has 0 aliphatic rings. The van der Waals surface area contributed by atoms with Crippen LogP contribution in [0.5, 0.6) is 5.75 Å². The second kappa shape index (κ2) is 4.91. The monoisotopic (exact) mass is 221 g/mol. The predicted octanol–water partition coefficient (Wildman–Crippen LogP) is 2.21. The number of hydrogen-bond acceptors (Lipinski definition) is 4. The van der Waals surface area contributed by atoms with Gasteiger partial charge in [0.15, 0.2) is 0 Å². The zero-order valence-corrected chi connectivity index (χ0v) is 8.91. The predicted molar refractivity (Wildman–Crippen MR) is 58.8 cm³/mol. The summed E-state index contributed by atoms with van der Waals surface area (Å²) in [5.74, 6) is 0.773. The maximum Gasteiger partial charge on any atom is 0.124 e. The number of aliphatic hydroxyl groups excluding tert-OH is 1. The zero-order valence-electron chi connectivity index (χ0n) is 8.09. The summed E-state index contributed by atoms with van der Waals surface area (Å²) in [6, 6.07) is 7.44. The molecule has 1 aromatic heterocycles. The molecule has 4 heteroatoms. The molecule has 1 heterocycles. The number of rotatable bonds is 4. The van der Waals surface area contributed by atoms with Crippen LogP contribution in [0, 0.1) is 0 Å². The normalized spacial score (nSPS) is 10.2. The summed E-state index contributed by atoms with van der Waals surface area (Å²) in [5, 5.41) is 8.95. The van der Waals surface area contributed by atoms with E-state index in [9.17, 15) is 0 Å². The SMILES string of the molecule is OCc1cccc(OCc2cncs2)c1. The number of aromatic nitrogens is 1. The van der Waals surface area contributed by atoms with Crippen molar-refractivity contribution >= 4 is 11.3 Å². The first-order valence-corrected chi connectivity index (χ1v) is 5.46. The second-order valence-electron chi connectivity index (χ2n) is 3.06. The summed E-state index contributed by atoms with van der Waals surface area (Å²) in [5.41, 5.74) is 2.64. The average Bonchev–Trinajstić information content (AvgIpc) is 2.79. The third-order valence-corrected chi connectivity index (χ3v) is 2.70. The molecule has 0 fully saturated rings. The van der Waals surface area contributed by atoms with Gasteiger partial charge in [0, 0.05) is 6.20 Å². The molecule has 0 saturated carbocycles. The molecule has 0 saturated heterocycles. The van der Waals surface area contributed by atoms with E-state index in [4.69, 9.17) is 9.84 Å². The van der Waals surface area contributed by atoms with E-state index in [0.717, 1.165) is 16.2 Å². The third-order valence-electron chi connectivity index (χ3n) is 1.95. The molecule has 2 rings (SSSR count). The number of benzene rings is 1. The van der Waals surface area contributed by atoms with Gasteiger partial charge in [-0.05, 0) is 17.7 Å². The van der Waals surface area contributed by atoms with Crippen molar-refractivity contribution < 1.29 is 9.84 Å². The standard InChI is InChI=1S/C11H11NO2S/c13-6-9-2-1-3-10(4-9)14-7-11-5-12-8-15-11/h1-5,8,13H,6-7H2. The maximum atomic E-state index is 8.95. The molecular weight excluding hydrogens is 210 g/mol. The van der Waals surface area contributed by atoms with E-state index < -0.39 is 0 Å². The van der Waals surface area contributed by atoms with Crippen LogP contribution >= 0.6 is 11.3 Å². The Morgan fingerprint density at radius 2 is 2.33 bits per heavy atom. The fraction of sp³-hybridized carbons (Fsp3) is 0.182. The van der Waals surface area contributed by atoms with Crippen LogP contribution in [-0.2, 0) is 13.2 Å². The highest BCUT2D eigenvalue weighted by molar-refractivity contribution is 7.09. The molecule has 0 unspecified atom stereocenters. The minimum Gasteiger partial charge on any atom is -0.488 e. The van der Waals surface area contributed by atoms with E-state index in [1.807, 2.05) is 24.3 Å². The van der Waals surface area contributed by atoms with Crippen molar-refractivity contribution in [1.29, 1.82) is 0 Å². The molecule has 0 aliphatic heterocycles. The lowest BCUT2D eigenvalue weighted by molar-refractivity contribution is 0.278. The Morgan fingerprint density at radius 3 is 3.07 bits per heavy atom. The maximum absolute atomic E-state index is 8.95. The number of ether oxygens (including phenoxy) is 1. The molecule has 0 bridgehead atoms. The molecule has 3 nitrogen and oxygen atoms in total. The smallest absolute Gasteiger partial charge is 0.124 e. The molecule has 0 atom stereocenters. The Kier molecular flexibility index (Phi) is 3.32. The van der Waals surface area contributed by atoms with E-state index >= 15 is 0 Å². The Labute approximate surface area is 92.0 Å². The highest BCUT2D eigenvalue weighted by Gasteiger charge is 1.98. The second-order valence-corrected chi connectivity index (χ2v) is 4.03. The number of thiazole rings is 1. The summed E-state index contributed by atoms with van der Waals surface area (Å²) < 4.78 is 5.55. The molecule has 0 radical (unpaired) electrons. The minimum atomic E-state index is 0.0394. The van der Waals surface area contributed by atoms with Crippen LogP contribution in [0.2, 0.25) is 0 Å². The Balaban J connectivity index is 1.98. The minimum absolute atomic E-state index is 0.0394. The molecule has 15 heavy (non-hydrogen) atoms. The van der Waals surface area contributed by atoms with E-state index in [-0.39, 0.29) is 6.61 Å². The van der Waals surface area contributed by atoms with Gasteiger partial charge in [-0.15, -0.1) is 11.3 Å². The molecule has 1 N–H and O–H groups in total. The third kappa shape index (κ3) is 2.78. The molecule has 0 spiro atoms. The average molecular weight is 221 g/mol. The van der Waals surface area contributed by atoms with Gasteiger partial charge in [0.25, 0.3) is 0 Å². The Morgan fingerprint density at radius 1 is 1.40 bits per heavy atom. The van der Waals surface area contributed by atoms with E-state index in [2.05, 4.69) is 4.98 Å². The van der Waals surface area contributed by atoms with Crippen molar-refractivity contribution in [3.05, 3.63) is 46.4 Å². The van der Waals surface area contributed by atoms with Crippen LogP contribution < -0.4 is 4.74 Å². The van der Waals surface area contributed by atoms with Gasteiger partial charge in [0.05, 0.1) is 17.0 Å². The van der Waals surface area contributed by atoms with E-state index in [1.165, 1.54) is 0 Å². The van der Waals surface area contributed by atoms with Crippen LogP contribution in [0.15, 0.2) is 36.0 Å². The molecular formula is C11H11NO2S. The van der Waals surface area contributed by atoms with Crippen molar-refractivity contribution in [2.45, 2.75) is 13.2 Å². The number of aliphatic hydroxyl groups is 1. The lowest BCUT2D eigenvalue weighted by Crippen LogP contribution is -1.93. The lowest BCUT2D eigenvalue weighted by atomic mass is 10.2.